The summed E-state index contributed by atoms with van der Waals surface area (Å²) in [5.41, 5.74) is 1.33. The van der Waals surface area contributed by atoms with E-state index in [0.29, 0.717) is 25.0 Å². The number of carbonyl (C=O) groups is 1. The Morgan fingerprint density at radius 1 is 1.12 bits per heavy atom. The molecule has 3 aliphatic rings. The highest BCUT2D eigenvalue weighted by molar-refractivity contribution is 5.78. The van der Waals surface area contributed by atoms with Gasteiger partial charge in [0, 0.05) is 26.2 Å². The first-order valence-corrected chi connectivity index (χ1v) is 9.09. The number of hydrogen-bond donors (Lipinski definition) is 0. The molecule has 24 heavy (non-hydrogen) atoms. The van der Waals surface area contributed by atoms with Gasteiger partial charge < -0.3 is 4.74 Å². The summed E-state index contributed by atoms with van der Waals surface area (Å²) in [6.45, 7) is 5.65. The van der Waals surface area contributed by atoms with E-state index in [-0.39, 0.29) is 11.8 Å². The highest BCUT2D eigenvalue weighted by Crippen LogP contribution is 2.36. The topological polar surface area (TPSA) is 42.0 Å². The molecule has 0 radical (unpaired) electrons. The van der Waals surface area contributed by atoms with Crippen molar-refractivity contribution in [2.45, 2.75) is 19.4 Å². The molecular weight excluding hydrogens is 304 g/mol. The van der Waals surface area contributed by atoms with Gasteiger partial charge >= 0.3 is 0 Å². The van der Waals surface area contributed by atoms with Crippen molar-refractivity contribution in [1.29, 1.82) is 0 Å². The van der Waals surface area contributed by atoms with Gasteiger partial charge in [-0.05, 0) is 30.2 Å². The van der Waals surface area contributed by atoms with Crippen LogP contribution in [0.3, 0.4) is 0 Å². The number of hydrogen-bond acceptors (Lipinski definition) is 4. The molecule has 0 bridgehead atoms. The lowest BCUT2D eigenvalue weighted by Crippen LogP contribution is -2.47. The number of amides is 1. The van der Waals surface area contributed by atoms with Crippen LogP contribution in [-0.2, 0) is 20.9 Å². The van der Waals surface area contributed by atoms with Gasteiger partial charge in [0.1, 0.15) is 0 Å². The highest BCUT2D eigenvalue weighted by atomic mass is 16.7. The van der Waals surface area contributed by atoms with E-state index in [4.69, 9.17) is 9.57 Å². The van der Waals surface area contributed by atoms with Gasteiger partial charge in [0.15, 0.2) is 0 Å². The zero-order valence-electron chi connectivity index (χ0n) is 14.1. The standard InChI is InChI=1S/C19H26N2O3/c22-19(21-8-4-5-9-24-21)18-14-23-13-16-11-20(12-17(16)18)10-15-6-2-1-3-7-15/h1-3,6-7,16-18H,4-5,8-14H2/t16-,17-,18+/m1/s1. The summed E-state index contributed by atoms with van der Waals surface area (Å²) in [6, 6.07) is 10.6. The second-order valence-corrected chi connectivity index (χ2v) is 7.23. The maximum atomic E-state index is 12.9. The average Bonchev–Trinajstić information content (AvgIpc) is 3.05. The molecule has 5 nitrogen and oxygen atoms in total. The minimum atomic E-state index is -0.0531. The molecule has 130 valence electrons. The van der Waals surface area contributed by atoms with E-state index in [9.17, 15) is 4.79 Å². The smallest absolute Gasteiger partial charge is 0.251 e. The van der Waals surface area contributed by atoms with E-state index in [0.717, 1.165) is 45.6 Å². The molecule has 0 aliphatic carbocycles. The van der Waals surface area contributed by atoms with Gasteiger partial charge in [-0.3, -0.25) is 14.5 Å². The van der Waals surface area contributed by atoms with Crippen LogP contribution in [0.4, 0.5) is 0 Å². The van der Waals surface area contributed by atoms with Crippen LogP contribution in [-0.4, -0.2) is 55.3 Å². The summed E-state index contributed by atoms with van der Waals surface area (Å²) in [5, 5.41) is 1.60. The molecule has 3 heterocycles. The van der Waals surface area contributed by atoms with Crippen LogP contribution in [0, 0.1) is 17.8 Å². The predicted octanol–water partition coefficient (Wildman–Crippen LogP) is 1.93. The summed E-state index contributed by atoms with van der Waals surface area (Å²) >= 11 is 0. The maximum Gasteiger partial charge on any atom is 0.251 e. The molecule has 1 amide bonds. The van der Waals surface area contributed by atoms with Gasteiger partial charge in [0.25, 0.3) is 5.91 Å². The van der Waals surface area contributed by atoms with Gasteiger partial charge in [-0.15, -0.1) is 0 Å². The minimum absolute atomic E-state index is 0.0531. The molecular formula is C19H26N2O3. The van der Waals surface area contributed by atoms with Crippen molar-refractivity contribution in [3.8, 4) is 0 Å². The number of carbonyl (C=O) groups excluding carboxylic acids is 1. The third-order valence-electron chi connectivity index (χ3n) is 5.53. The van der Waals surface area contributed by atoms with Crippen molar-refractivity contribution in [3.63, 3.8) is 0 Å². The first kappa shape index (κ1) is 16.1. The zero-order valence-corrected chi connectivity index (χ0v) is 14.1. The van der Waals surface area contributed by atoms with Gasteiger partial charge in [-0.2, -0.15) is 0 Å². The first-order chi connectivity index (χ1) is 11.8. The van der Waals surface area contributed by atoms with Crippen LogP contribution in [0.15, 0.2) is 30.3 Å². The zero-order chi connectivity index (χ0) is 16.4. The van der Waals surface area contributed by atoms with Gasteiger partial charge in [-0.1, -0.05) is 30.3 Å². The number of fused-ring (bicyclic) bond motifs is 1. The summed E-state index contributed by atoms with van der Waals surface area (Å²) in [6.07, 6.45) is 2.08. The first-order valence-electron chi connectivity index (χ1n) is 9.09. The van der Waals surface area contributed by atoms with Crippen LogP contribution in [0.25, 0.3) is 0 Å². The number of benzene rings is 1. The van der Waals surface area contributed by atoms with Crippen molar-refractivity contribution in [3.05, 3.63) is 35.9 Å². The Morgan fingerprint density at radius 3 is 2.79 bits per heavy atom. The van der Waals surface area contributed by atoms with E-state index in [1.54, 1.807) is 5.06 Å². The third kappa shape index (κ3) is 3.34. The lowest BCUT2D eigenvalue weighted by Gasteiger charge is -2.36. The molecule has 3 aliphatic heterocycles. The maximum absolute atomic E-state index is 12.9. The largest absolute Gasteiger partial charge is 0.380 e. The third-order valence-corrected chi connectivity index (χ3v) is 5.53. The van der Waals surface area contributed by atoms with Gasteiger partial charge in [0.2, 0.25) is 0 Å². The summed E-state index contributed by atoms with van der Waals surface area (Å²) < 4.78 is 5.78. The van der Waals surface area contributed by atoms with E-state index in [1.807, 2.05) is 0 Å². The Labute approximate surface area is 143 Å². The Morgan fingerprint density at radius 2 is 2.00 bits per heavy atom. The molecule has 0 saturated carbocycles. The molecule has 5 heteroatoms. The van der Waals surface area contributed by atoms with Gasteiger partial charge in [0.05, 0.1) is 25.7 Å². The second kappa shape index (κ2) is 7.21. The summed E-state index contributed by atoms with van der Waals surface area (Å²) in [7, 11) is 0. The Hall–Kier alpha value is -1.43. The SMILES string of the molecule is O=C([C@H]1COC[C@H]2CN(Cc3ccccc3)C[C@H]21)N1CCCCO1. The van der Waals surface area contributed by atoms with Crippen LogP contribution in [0.2, 0.25) is 0 Å². The average molecular weight is 330 g/mol. The van der Waals surface area contributed by atoms with Crippen molar-refractivity contribution >= 4 is 5.91 Å². The molecule has 1 aromatic carbocycles. The Bertz CT molecular complexity index is 559. The van der Waals surface area contributed by atoms with Crippen LogP contribution >= 0.6 is 0 Å². The normalized spacial score (nSPS) is 31.0. The highest BCUT2D eigenvalue weighted by Gasteiger charge is 2.45. The molecule has 0 unspecified atom stereocenters. The summed E-state index contributed by atoms with van der Waals surface area (Å²) in [4.78, 5) is 20.9. The molecule has 0 aromatic heterocycles. The van der Waals surface area contributed by atoms with Crippen molar-refractivity contribution in [1.82, 2.24) is 9.96 Å². The van der Waals surface area contributed by atoms with E-state index < -0.39 is 0 Å². The lowest BCUT2D eigenvalue weighted by atomic mass is 9.82. The molecule has 4 rings (SSSR count). The number of ether oxygens (including phenoxy) is 1. The number of likely N-dealkylation sites (tertiary alicyclic amines) is 1. The molecule has 1 aromatic rings. The fraction of sp³-hybridized carbons (Fsp3) is 0.632. The molecule has 0 spiro atoms. The molecule has 3 saturated heterocycles. The van der Waals surface area contributed by atoms with E-state index in [2.05, 4.69) is 35.2 Å². The number of nitrogens with zero attached hydrogens (tertiary/aromatic N) is 2. The van der Waals surface area contributed by atoms with Crippen molar-refractivity contribution in [2.75, 3.05) is 39.5 Å². The molecule has 3 fully saturated rings. The van der Waals surface area contributed by atoms with Crippen LogP contribution in [0.5, 0.6) is 0 Å². The minimum Gasteiger partial charge on any atom is -0.380 e. The predicted molar refractivity (Wildman–Crippen MR) is 89.9 cm³/mol. The Balaban J connectivity index is 1.41. The van der Waals surface area contributed by atoms with E-state index in [1.165, 1.54) is 5.56 Å². The van der Waals surface area contributed by atoms with E-state index >= 15 is 0 Å². The van der Waals surface area contributed by atoms with Crippen LogP contribution < -0.4 is 0 Å². The fourth-order valence-corrected chi connectivity index (χ4v) is 4.27. The van der Waals surface area contributed by atoms with Crippen molar-refractivity contribution in [2.24, 2.45) is 17.8 Å². The van der Waals surface area contributed by atoms with Gasteiger partial charge in [-0.25, -0.2) is 5.06 Å². The lowest BCUT2D eigenvalue weighted by molar-refractivity contribution is -0.207. The molecule has 3 atom stereocenters. The second-order valence-electron chi connectivity index (χ2n) is 7.23. The van der Waals surface area contributed by atoms with Crippen LogP contribution in [0.1, 0.15) is 18.4 Å². The fourth-order valence-electron chi connectivity index (χ4n) is 4.27. The number of hydroxylamine groups is 2. The number of rotatable bonds is 3. The quantitative estimate of drug-likeness (QED) is 0.849. The Kier molecular flexibility index (Phi) is 4.83. The summed E-state index contributed by atoms with van der Waals surface area (Å²) in [5.74, 6) is 0.926. The van der Waals surface area contributed by atoms with Crippen molar-refractivity contribution < 1.29 is 14.4 Å². The monoisotopic (exact) mass is 330 g/mol. The molecule has 0 N–H and O–H groups in total.